The number of allylic oxidation sites excluding steroid dienone is 11. The lowest BCUT2D eigenvalue weighted by atomic mass is 10.0. The summed E-state index contributed by atoms with van der Waals surface area (Å²) in [6.07, 6.45) is 64.3. The first kappa shape index (κ1) is 68.5. The lowest BCUT2D eigenvalue weighted by molar-refractivity contribution is -0.870. The number of likely N-dealkylation sites (N-methyl/N-ethyl adjacent to an activating group) is 1. The van der Waals surface area contributed by atoms with Crippen molar-refractivity contribution >= 4 is 19.7 Å². The molecule has 0 aliphatic heterocycles. The second-order valence-corrected chi connectivity index (χ2v) is 22.2. The topological polar surface area (TPSA) is 114 Å². The quantitative estimate of drug-likeness (QED) is 0.0161. The molecule has 0 saturated carbocycles. The Kier molecular flexibility index (Phi) is 49.1. The Morgan fingerprint density at radius 3 is 1.39 bits per heavy atom. The summed E-state index contributed by atoms with van der Waals surface area (Å²) in [5, 5.41) is 3.01. The van der Waals surface area contributed by atoms with Gasteiger partial charge in [0.2, 0.25) is 5.91 Å². The van der Waals surface area contributed by atoms with Crippen molar-refractivity contribution in [3.8, 4) is 0 Å². The summed E-state index contributed by atoms with van der Waals surface area (Å²) in [4.78, 5) is 39.9. The first-order valence-corrected chi connectivity index (χ1v) is 30.7. The van der Waals surface area contributed by atoms with Crippen molar-refractivity contribution in [1.82, 2.24) is 5.32 Å². The van der Waals surface area contributed by atoms with Crippen molar-refractivity contribution in [1.29, 1.82) is 0 Å². The molecular weight excluding hydrogens is 904 g/mol. The minimum atomic E-state index is -4.71. The summed E-state index contributed by atoms with van der Waals surface area (Å²) in [7, 11) is 1.16. The maximum absolute atomic E-state index is 13.5. The van der Waals surface area contributed by atoms with Gasteiger partial charge in [0.25, 0.3) is 7.82 Å². The van der Waals surface area contributed by atoms with Crippen LogP contribution in [0, 0.1) is 0 Å². The van der Waals surface area contributed by atoms with Crippen molar-refractivity contribution in [3.05, 3.63) is 72.9 Å². The number of quaternary nitrogens is 1. The van der Waals surface area contributed by atoms with Crippen LogP contribution in [0.1, 0.15) is 252 Å². The van der Waals surface area contributed by atoms with Gasteiger partial charge in [-0.2, -0.15) is 0 Å². The molecule has 0 saturated heterocycles. The minimum absolute atomic E-state index is 0.0313. The third kappa shape index (κ3) is 52.1. The molecule has 0 fully saturated rings. The highest BCUT2D eigenvalue weighted by atomic mass is 31.2. The molecule has 0 aliphatic carbocycles. The van der Waals surface area contributed by atoms with E-state index >= 15 is 0 Å². The lowest BCUT2D eigenvalue weighted by Gasteiger charge is -2.30. The number of unbranched alkanes of at least 4 members (excludes halogenated alkanes) is 27. The van der Waals surface area contributed by atoms with E-state index < -0.39 is 26.6 Å². The molecule has 0 radical (unpaired) electrons. The van der Waals surface area contributed by atoms with Gasteiger partial charge in [-0.25, -0.2) is 0 Å². The molecule has 71 heavy (non-hydrogen) atoms. The van der Waals surface area contributed by atoms with E-state index in [0.29, 0.717) is 23.9 Å². The van der Waals surface area contributed by atoms with Crippen LogP contribution in [0.2, 0.25) is 0 Å². The van der Waals surface area contributed by atoms with Crippen LogP contribution in [-0.4, -0.2) is 69.4 Å². The fourth-order valence-electron chi connectivity index (χ4n) is 8.05. The predicted molar refractivity (Wildman–Crippen MR) is 302 cm³/mol. The first-order valence-electron chi connectivity index (χ1n) is 29.3. The lowest BCUT2D eigenvalue weighted by Crippen LogP contribution is -2.47. The first-order chi connectivity index (χ1) is 34.4. The average Bonchev–Trinajstić information content (AvgIpc) is 3.33. The van der Waals surface area contributed by atoms with Gasteiger partial charge in [-0.05, 0) is 96.0 Å². The Morgan fingerprint density at radius 2 is 0.901 bits per heavy atom. The molecule has 0 spiro atoms. The van der Waals surface area contributed by atoms with Crippen molar-refractivity contribution in [2.45, 2.75) is 264 Å². The van der Waals surface area contributed by atoms with Crippen molar-refractivity contribution < 1.29 is 37.3 Å². The van der Waals surface area contributed by atoms with Crippen LogP contribution in [0.25, 0.3) is 0 Å². The summed E-state index contributed by atoms with van der Waals surface area (Å²) in [5.41, 5.74) is 0. The number of hydrogen-bond donors (Lipinski definition) is 1. The Morgan fingerprint density at radius 1 is 0.507 bits per heavy atom. The zero-order valence-electron chi connectivity index (χ0n) is 46.9. The van der Waals surface area contributed by atoms with Crippen LogP contribution < -0.4 is 10.2 Å². The fraction of sp³-hybridized carbons (Fsp3) is 0.770. The molecule has 0 heterocycles. The van der Waals surface area contributed by atoms with Gasteiger partial charge in [-0.1, -0.05) is 216 Å². The van der Waals surface area contributed by atoms with Crippen molar-refractivity contribution in [3.63, 3.8) is 0 Å². The third-order valence-electron chi connectivity index (χ3n) is 12.6. The number of carbonyl (C=O) groups excluding carboxylic acids is 2. The Balaban J connectivity index is 5.43. The summed E-state index contributed by atoms with van der Waals surface area (Å²) < 4.78 is 30.2. The molecular formula is C61H111N2O7P. The summed E-state index contributed by atoms with van der Waals surface area (Å²) >= 11 is 0. The number of phosphoric ester groups is 1. The smallest absolute Gasteiger partial charge is 0.306 e. The molecule has 0 rings (SSSR count). The van der Waals surface area contributed by atoms with E-state index in [0.717, 1.165) is 103 Å². The molecule has 3 atom stereocenters. The standard InChI is InChI=1S/C61H111N2O7P/c1-7-10-13-16-19-22-25-28-30-31-33-35-38-41-44-47-50-53-60(64)62-58(57-69-71(66,67)68-56-55-63(4,5)6)59(52-49-46-43-40-37-34-27-24-21-18-15-12-9-3)70-61(65)54-51-48-45-42-39-36-32-29-26-23-20-17-14-11-8-2/h19-20,22-23,26,28-30,33,35,49,52,58-59H,7-18,21,24-25,27,31-32,34,36-48,50-51,53-57H2,1-6H3,(H-,62,64,66,67)/b22-19-,23-20+,29-26+,30-28-,35-33-,52-49+. The van der Waals surface area contributed by atoms with E-state index in [-0.39, 0.29) is 31.3 Å². The number of amides is 1. The highest BCUT2D eigenvalue weighted by Gasteiger charge is 2.27. The molecule has 0 aromatic carbocycles. The number of nitrogens with one attached hydrogen (secondary N) is 1. The number of ether oxygens (including phenoxy) is 1. The average molecular weight is 1020 g/mol. The van der Waals surface area contributed by atoms with Gasteiger partial charge in [-0.3, -0.25) is 14.2 Å². The van der Waals surface area contributed by atoms with Crippen molar-refractivity contribution in [2.75, 3.05) is 40.9 Å². The Labute approximate surface area is 438 Å². The number of carbonyl (C=O) groups is 2. The summed E-state index contributed by atoms with van der Waals surface area (Å²) in [5.74, 6) is -0.580. The Hall–Kier alpha value is -2.55. The number of esters is 1. The molecule has 0 bridgehead atoms. The van der Waals surface area contributed by atoms with Crippen LogP contribution in [0.3, 0.4) is 0 Å². The maximum Gasteiger partial charge on any atom is 0.306 e. The number of phosphoric acid groups is 1. The molecule has 0 aromatic heterocycles. The zero-order valence-corrected chi connectivity index (χ0v) is 47.8. The third-order valence-corrected chi connectivity index (χ3v) is 13.6. The van der Waals surface area contributed by atoms with E-state index in [2.05, 4.69) is 86.8 Å². The van der Waals surface area contributed by atoms with Gasteiger partial charge in [0.1, 0.15) is 19.3 Å². The van der Waals surface area contributed by atoms with Crippen LogP contribution in [0.4, 0.5) is 0 Å². The molecule has 412 valence electrons. The molecule has 10 heteroatoms. The molecule has 0 aliphatic rings. The SMILES string of the molecule is CCCCC/C=C\C/C=C\C/C=C\CCCCCCC(=O)NC(COP(=O)([O-])OCC[N+](C)(C)C)C(/C=C/CCCCCCCCCCCCC)OC(=O)CCCCCCCC/C=C/C=C/CCCCC. The van der Waals surface area contributed by atoms with E-state index in [1.165, 1.54) is 103 Å². The summed E-state index contributed by atoms with van der Waals surface area (Å²) in [6.45, 7) is 6.76. The molecule has 3 unspecified atom stereocenters. The van der Waals surface area contributed by atoms with Crippen LogP contribution in [0.5, 0.6) is 0 Å². The van der Waals surface area contributed by atoms with Crippen LogP contribution in [-0.2, 0) is 27.9 Å². The molecule has 9 nitrogen and oxygen atoms in total. The highest BCUT2D eigenvalue weighted by molar-refractivity contribution is 7.45. The van der Waals surface area contributed by atoms with Crippen LogP contribution in [0.15, 0.2) is 72.9 Å². The van der Waals surface area contributed by atoms with Crippen LogP contribution >= 0.6 is 7.82 Å². The fourth-order valence-corrected chi connectivity index (χ4v) is 8.77. The molecule has 0 aromatic rings. The monoisotopic (exact) mass is 1010 g/mol. The normalized spacial score (nSPS) is 14.3. The van der Waals surface area contributed by atoms with Gasteiger partial charge >= 0.3 is 5.97 Å². The number of nitrogens with zero attached hydrogens (tertiary/aromatic N) is 1. The Bertz CT molecular complexity index is 1450. The van der Waals surface area contributed by atoms with E-state index in [1.54, 1.807) is 0 Å². The second-order valence-electron chi connectivity index (χ2n) is 20.8. The highest BCUT2D eigenvalue weighted by Crippen LogP contribution is 2.38. The van der Waals surface area contributed by atoms with Gasteiger partial charge in [0.15, 0.2) is 0 Å². The van der Waals surface area contributed by atoms with E-state index in [4.69, 9.17) is 13.8 Å². The minimum Gasteiger partial charge on any atom is -0.756 e. The van der Waals surface area contributed by atoms with Gasteiger partial charge in [0, 0.05) is 12.8 Å². The summed E-state index contributed by atoms with van der Waals surface area (Å²) in [6, 6.07) is -0.907. The van der Waals surface area contributed by atoms with Gasteiger partial charge in [-0.15, -0.1) is 0 Å². The van der Waals surface area contributed by atoms with Gasteiger partial charge < -0.3 is 28.5 Å². The largest absolute Gasteiger partial charge is 0.756 e. The number of rotatable bonds is 52. The molecule has 1 amide bonds. The predicted octanol–water partition coefficient (Wildman–Crippen LogP) is 17.0. The van der Waals surface area contributed by atoms with Gasteiger partial charge in [0.05, 0.1) is 33.8 Å². The van der Waals surface area contributed by atoms with Crippen molar-refractivity contribution in [2.24, 2.45) is 0 Å². The van der Waals surface area contributed by atoms with E-state index in [9.17, 15) is 19.0 Å². The second kappa shape index (κ2) is 51.0. The maximum atomic E-state index is 13.5. The van der Waals surface area contributed by atoms with E-state index in [1.807, 2.05) is 33.3 Å². The molecule has 1 N–H and O–H groups in total. The number of hydrogen-bond acceptors (Lipinski definition) is 7. The zero-order chi connectivity index (χ0) is 52.2.